The van der Waals surface area contributed by atoms with E-state index in [2.05, 4.69) is 4.90 Å². The smallest absolute Gasteiger partial charge is 0.348 e. The number of aliphatic hydroxyl groups is 1. The number of hydrogen-bond acceptors (Lipinski definition) is 4. The first-order valence-electron chi connectivity index (χ1n) is 8.95. The van der Waals surface area contributed by atoms with Gasteiger partial charge in [0.05, 0.1) is 0 Å². The molecule has 1 N–H and O–H groups in total. The van der Waals surface area contributed by atoms with Crippen LogP contribution in [0.25, 0.3) is 0 Å². The minimum atomic E-state index is -1.78. The Morgan fingerprint density at radius 1 is 0.960 bits per heavy atom. The van der Waals surface area contributed by atoms with Crippen LogP contribution in [0, 0.1) is 5.92 Å². The Kier molecular flexibility index (Phi) is 4.32. The molecule has 2 bridgehead atoms. The monoisotopic (exact) mass is 337 g/mol. The molecule has 4 nitrogen and oxygen atoms in total. The van der Waals surface area contributed by atoms with Crippen LogP contribution >= 0.6 is 0 Å². The Morgan fingerprint density at radius 3 is 1.92 bits per heavy atom. The highest BCUT2D eigenvalue weighted by atomic mass is 16.6. The summed E-state index contributed by atoms with van der Waals surface area (Å²) in [5, 5.41) is 11.4. The van der Waals surface area contributed by atoms with Gasteiger partial charge in [0.25, 0.3) is 0 Å². The summed E-state index contributed by atoms with van der Waals surface area (Å²) in [6.45, 7) is 2.94. The Balaban J connectivity index is 1.65. The summed E-state index contributed by atoms with van der Waals surface area (Å²) >= 11 is 0. The van der Waals surface area contributed by atoms with Crippen LogP contribution in [-0.4, -0.2) is 41.7 Å². The van der Waals surface area contributed by atoms with Crippen molar-refractivity contribution in [3.63, 3.8) is 0 Å². The van der Waals surface area contributed by atoms with E-state index in [4.69, 9.17) is 4.74 Å². The Bertz CT molecular complexity index is 684. The fourth-order valence-corrected chi connectivity index (χ4v) is 4.03. The minimum absolute atomic E-state index is 0.131. The van der Waals surface area contributed by atoms with Crippen LogP contribution in [0.1, 0.15) is 24.0 Å². The van der Waals surface area contributed by atoms with E-state index in [0.29, 0.717) is 17.0 Å². The summed E-state index contributed by atoms with van der Waals surface area (Å²) in [5.41, 5.74) is -0.714. The highest BCUT2D eigenvalue weighted by Gasteiger charge is 2.45. The van der Waals surface area contributed by atoms with Crippen LogP contribution in [0.5, 0.6) is 0 Å². The van der Waals surface area contributed by atoms with Crippen LogP contribution in [-0.2, 0) is 15.1 Å². The molecule has 0 saturated carbocycles. The maximum absolute atomic E-state index is 13.1. The number of piperidine rings is 3. The van der Waals surface area contributed by atoms with Crippen molar-refractivity contribution in [1.29, 1.82) is 0 Å². The minimum Gasteiger partial charge on any atom is -0.458 e. The number of ether oxygens (including phenoxy) is 1. The van der Waals surface area contributed by atoms with Crippen LogP contribution in [0.3, 0.4) is 0 Å². The quantitative estimate of drug-likeness (QED) is 0.871. The average Bonchev–Trinajstić information content (AvgIpc) is 2.69. The van der Waals surface area contributed by atoms with Gasteiger partial charge in [-0.15, -0.1) is 0 Å². The Labute approximate surface area is 148 Å². The van der Waals surface area contributed by atoms with E-state index in [1.165, 1.54) is 0 Å². The lowest BCUT2D eigenvalue weighted by atomic mass is 9.84. The maximum Gasteiger partial charge on any atom is 0.348 e. The molecule has 3 aliphatic rings. The van der Waals surface area contributed by atoms with Gasteiger partial charge in [0.2, 0.25) is 5.60 Å². The lowest BCUT2D eigenvalue weighted by Gasteiger charge is -2.44. The van der Waals surface area contributed by atoms with Crippen molar-refractivity contribution >= 4 is 5.97 Å². The highest BCUT2D eigenvalue weighted by molar-refractivity contribution is 5.85. The summed E-state index contributed by atoms with van der Waals surface area (Å²) in [5.74, 6) is -0.173. The zero-order valence-corrected chi connectivity index (χ0v) is 14.2. The van der Waals surface area contributed by atoms with E-state index < -0.39 is 11.6 Å². The number of carbonyl (C=O) groups excluding carboxylic acids is 1. The van der Waals surface area contributed by atoms with Crippen molar-refractivity contribution in [2.24, 2.45) is 5.92 Å². The summed E-state index contributed by atoms with van der Waals surface area (Å²) in [7, 11) is 0. The molecule has 4 heteroatoms. The number of fused-ring (bicyclic) bond motifs is 3. The number of benzene rings is 2. The molecule has 0 aliphatic carbocycles. The van der Waals surface area contributed by atoms with Crippen molar-refractivity contribution in [1.82, 2.24) is 4.90 Å². The second-order valence-electron chi connectivity index (χ2n) is 7.02. The standard InChI is InChI=1S/C21H23NO3/c23-20(25-19-15-22-13-11-16(19)12-14-22)21(24,17-7-3-1-4-8-17)18-9-5-2-6-10-18/h1-10,16,19,24H,11-15H2/t19-/m1/s1. The molecule has 5 rings (SSSR count). The van der Waals surface area contributed by atoms with Crippen molar-refractivity contribution in [2.75, 3.05) is 19.6 Å². The molecule has 0 aromatic heterocycles. The van der Waals surface area contributed by atoms with Crippen molar-refractivity contribution in [2.45, 2.75) is 24.5 Å². The molecule has 25 heavy (non-hydrogen) atoms. The van der Waals surface area contributed by atoms with Gasteiger partial charge in [0, 0.05) is 6.54 Å². The van der Waals surface area contributed by atoms with Gasteiger partial charge in [-0.1, -0.05) is 60.7 Å². The van der Waals surface area contributed by atoms with E-state index in [1.54, 1.807) is 24.3 Å². The lowest BCUT2D eigenvalue weighted by molar-refractivity contribution is -0.177. The van der Waals surface area contributed by atoms with Crippen LogP contribution in [0.15, 0.2) is 60.7 Å². The molecule has 1 atom stereocenters. The van der Waals surface area contributed by atoms with E-state index >= 15 is 0 Å². The molecule has 0 unspecified atom stereocenters. The summed E-state index contributed by atoms with van der Waals surface area (Å²) < 4.78 is 5.87. The van der Waals surface area contributed by atoms with Crippen LogP contribution < -0.4 is 0 Å². The summed E-state index contributed by atoms with van der Waals surface area (Å²) in [6.07, 6.45) is 1.99. The number of rotatable bonds is 4. The van der Waals surface area contributed by atoms with Gasteiger partial charge in [-0.2, -0.15) is 0 Å². The molecule has 3 aliphatic heterocycles. The predicted molar refractivity (Wildman–Crippen MR) is 94.9 cm³/mol. The third-order valence-corrected chi connectivity index (χ3v) is 5.53. The topological polar surface area (TPSA) is 49.8 Å². The Morgan fingerprint density at radius 2 is 1.48 bits per heavy atom. The van der Waals surface area contributed by atoms with Gasteiger partial charge >= 0.3 is 5.97 Å². The molecular weight excluding hydrogens is 314 g/mol. The molecule has 2 aromatic carbocycles. The fraction of sp³-hybridized carbons (Fsp3) is 0.381. The zero-order valence-electron chi connectivity index (χ0n) is 14.2. The first kappa shape index (κ1) is 16.3. The van der Waals surface area contributed by atoms with Gasteiger partial charge in [-0.05, 0) is 43.0 Å². The average molecular weight is 337 g/mol. The predicted octanol–water partition coefficient (Wildman–Crippen LogP) is 2.56. The maximum atomic E-state index is 13.1. The molecule has 3 fully saturated rings. The number of hydrogen-bond donors (Lipinski definition) is 1. The molecular formula is C21H23NO3. The van der Waals surface area contributed by atoms with E-state index in [1.807, 2.05) is 36.4 Å². The van der Waals surface area contributed by atoms with Crippen molar-refractivity contribution in [3.05, 3.63) is 71.8 Å². The fourth-order valence-electron chi connectivity index (χ4n) is 4.03. The SMILES string of the molecule is O=C(O[C@@H]1CN2CCC1CC2)C(O)(c1ccccc1)c1ccccc1. The lowest BCUT2D eigenvalue weighted by Crippen LogP contribution is -2.53. The molecule has 0 spiro atoms. The third-order valence-electron chi connectivity index (χ3n) is 5.53. The third kappa shape index (κ3) is 2.96. The normalized spacial score (nSPS) is 25.6. The summed E-state index contributed by atoms with van der Waals surface area (Å²) in [4.78, 5) is 15.5. The molecule has 2 aromatic rings. The van der Waals surface area contributed by atoms with Gasteiger partial charge in [-0.25, -0.2) is 4.79 Å². The van der Waals surface area contributed by atoms with Crippen LogP contribution in [0.2, 0.25) is 0 Å². The second-order valence-corrected chi connectivity index (χ2v) is 7.02. The first-order valence-corrected chi connectivity index (χ1v) is 8.95. The van der Waals surface area contributed by atoms with Crippen LogP contribution in [0.4, 0.5) is 0 Å². The van der Waals surface area contributed by atoms with E-state index in [0.717, 1.165) is 32.5 Å². The van der Waals surface area contributed by atoms with Gasteiger partial charge in [-0.3, -0.25) is 4.90 Å². The Hall–Kier alpha value is -2.17. The highest BCUT2D eigenvalue weighted by Crippen LogP contribution is 2.35. The molecule has 130 valence electrons. The summed E-state index contributed by atoms with van der Waals surface area (Å²) in [6, 6.07) is 18.1. The largest absolute Gasteiger partial charge is 0.458 e. The van der Waals surface area contributed by atoms with Gasteiger partial charge in [0.1, 0.15) is 6.10 Å². The van der Waals surface area contributed by atoms with E-state index in [-0.39, 0.29) is 6.10 Å². The number of carbonyl (C=O) groups is 1. The van der Waals surface area contributed by atoms with Crippen molar-refractivity contribution in [3.8, 4) is 0 Å². The number of nitrogens with zero attached hydrogens (tertiary/aromatic N) is 1. The van der Waals surface area contributed by atoms with E-state index in [9.17, 15) is 9.90 Å². The number of esters is 1. The zero-order chi connectivity index (χ0) is 17.3. The van der Waals surface area contributed by atoms with Crippen molar-refractivity contribution < 1.29 is 14.6 Å². The molecule has 3 heterocycles. The molecule has 0 amide bonds. The second kappa shape index (κ2) is 6.62. The molecule has 0 radical (unpaired) electrons. The van der Waals surface area contributed by atoms with Gasteiger partial charge in [0.15, 0.2) is 0 Å². The van der Waals surface area contributed by atoms with Gasteiger partial charge < -0.3 is 9.84 Å². The first-order chi connectivity index (χ1) is 12.2. The molecule has 3 saturated heterocycles.